The van der Waals surface area contributed by atoms with Gasteiger partial charge in [-0.2, -0.15) is 0 Å². The van der Waals surface area contributed by atoms with Crippen molar-refractivity contribution in [3.8, 4) is 34.5 Å². The van der Waals surface area contributed by atoms with Crippen LogP contribution in [0.5, 0.6) is 34.5 Å². The lowest BCUT2D eigenvalue weighted by molar-refractivity contribution is 0.101. The van der Waals surface area contributed by atoms with E-state index in [1.807, 2.05) is 127 Å². The van der Waals surface area contributed by atoms with Gasteiger partial charge in [-0.05, 0) is 166 Å². The van der Waals surface area contributed by atoms with Gasteiger partial charge in [0.2, 0.25) is 0 Å². The molecule has 6 aromatic carbocycles. The molecule has 0 saturated heterocycles. The molecule has 0 aliphatic rings. The molecule has 13 nitrogen and oxygen atoms in total. The van der Waals surface area contributed by atoms with E-state index < -0.39 is 0 Å². The number of amides is 3. The summed E-state index contributed by atoms with van der Waals surface area (Å²) >= 11 is 0. The number of anilines is 6. The Labute approximate surface area is 832 Å². The number of rotatable bonds is 93. The first kappa shape index (κ1) is 117. The summed E-state index contributed by atoms with van der Waals surface area (Å²) in [7, 11) is 0. The lowest BCUT2D eigenvalue weighted by atomic mass is 10.1. The van der Waals surface area contributed by atoms with Crippen LogP contribution in [-0.4, -0.2) is 57.4 Å². The highest BCUT2D eigenvalue weighted by atomic mass is 16.5. The van der Waals surface area contributed by atoms with Gasteiger partial charge in [0, 0.05) is 50.8 Å². The summed E-state index contributed by atoms with van der Waals surface area (Å²) in [5.41, 5.74) is 5.82. The highest BCUT2D eigenvalue weighted by molar-refractivity contribution is 6.06. The molecule has 6 aromatic rings. The van der Waals surface area contributed by atoms with Crippen LogP contribution in [0.2, 0.25) is 0 Å². The molecule has 0 spiro atoms. The average molecular weight is 1880 g/mol. The van der Waals surface area contributed by atoms with Gasteiger partial charge in [-0.3, -0.25) is 14.4 Å². The zero-order valence-corrected chi connectivity index (χ0v) is 87.9. The van der Waals surface area contributed by atoms with E-state index in [-0.39, 0.29) is 17.7 Å². The molecule has 3 amide bonds. The molecule has 136 heavy (non-hydrogen) atoms. The standard InChI is InChI=1S/C123H198N4O9/c1-7-13-19-25-31-37-43-49-55-61-67-73-97-131-115-94-79-106(103-118(115)134-100-76-70-64-58-52-46-40-34-28-22-16-10-4)121(128)124-109-82-88-112(89-83-109)127(113-90-84-110(85-91-113)125-122(129)107-80-95-116(132-98-74-68-62-56-50-44-38-32-26-20-14-8-2)119(104-107)135-101-77-71-65-59-53-47-41-35-29-23-17-11-5)114-92-86-111(87-93-114)126-123(130)108-81-96-117(133-99-75-69-63-57-51-45-39-33-27-21-15-9-3)120(105-108)136-102-78-72-66-60-54-48-42-36-30-24-18-12-6/h79-96,103-105H,7-78,97-102H2,1-6H3,(H,124,128)(H,125,129)(H,126,130). The second-order valence-electron chi connectivity index (χ2n) is 39.7. The van der Waals surface area contributed by atoms with Gasteiger partial charge < -0.3 is 49.3 Å². The quantitative estimate of drug-likeness (QED) is 0.0316. The number of benzene rings is 6. The number of ether oxygens (including phenoxy) is 6. The van der Waals surface area contributed by atoms with Gasteiger partial charge in [0.25, 0.3) is 17.7 Å². The maximum atomic E-state index is 14.5. The lowest BCUT2D eigenvalue weighted by Gasteiger charge is -2.26. The summed E-state index contributed by atoms with van der Waals surface area (Å²) in [6.45, 7) is 17.2. The molecular weight excluding hydrogens is 1680 g/mol. The minimum absolute atomic E-state index is 0.247. The minimum Gasteiger partial charge on any atom is -0.490 e. The third-order valence-corrected chi connectivity index (χ3v) is 27.3. The van der Waals surface area contributed by atoms with E-state index in [1.165, 1.54) is 385 Å². The highest BCUT2D eigenvalue weighted by Crippen LogP contribution is 2.39. The van der Waals surface area contributed by atoms with Crippen LogP contribution in [0.3, 0.4) is 0 Å². The second kappa shape index (κ2) is 82.1. The Morgan fingerprint density at radius 1 is 0.176 bits per heavy atom. The van der Waals surface area contributed by atoms with Crippen LogP contribution in [0.15, 0.2) is 127 Å². The van der Waals surface area contributed by atoms with Crippen molar-refractivity contribution in [3.05, 3.63) is 144 Å². The first-order chi connectivity index (χ1) is 67.2. The van der Waals surface area contributed by atoms with Gasteiger partial charge in [-0.25, -0.2) is 0 Å². The molecule has 0 bridgehead atoms. The fraction of sp³-hybridized carbons (Fsp3) is 0.683. The van der Waals surface area contributed by atoms with Crippen molar-refractivity contribution in [2.45, 2.75) is 504 Å². The fourth-order valence-electron chi connectivity index (χ4n) is 18.5. The third-order valence-electron chi connectivity index (χ3n) is 27.3. The summed E-state index contributed by atoms with van der Waals surface area (Å²) in [6.07, 6.45) is 91.8. The molecule has 0 fully saturated rings. The number of hydrogen-bond donors (Lipinski definition) is 3. The fourth-order valence-corrected chi connectivity index (χ4v) is 18.5. The van der Waals surface area contributed by atoms with Crippen LogP contribution in [0.25, 0.3) is 0 Å². The van der Waals surface area contributed by atoms with Crippen molar-refractivity contribution in [3.63, 3.8) is 0 Å². The predicted molar refractivity (Wildman–Crippen MR) is 584 cm³/mol. The first-order valence-corrected chi connectivity index (χ1v) is 57.4. The molecule has 0 atom stereocenters. The summed E-state index contributed by atoms with van der Waals surface area (Å²) in [5.74, 6) is 3.11. The maximum Gasteiger partial charge on any atom is 0.255 e. The number of nitrogens with one attached hydrogen (secondary N) is 3. The Balaban J connectivity index is 1.19. The molecule has 764 valence electrons. The Hall–Kier alpha value is -7.67. The number of unbranched alkanes of at least 4 members (excludes halogenated alkanes) is 66. The van der Waals surface area contributed by atoms with Crippen molar-refractivity contribution in [2.24, 2.45) is 0 Å². The van der Waals surface area contributed by atoms with Gasteiger partial charge >= 0.3 is 0 Å². The molecule has 0 unspecified atom stereocenters. The van der Waals surface area contributed by atoms with E-state index in [4.69, 9.17) is 28.4 Å². The summed E-state index contributed by atoms with van der Waals surface area (Å²) in [5, 5.41) is 9.61. The highest BCUT2D eigenvalue weighted by Gasteiger charge is 2.21. The molecule has 6 rings (SSSR count). The van der Waals surface area contributed by atoms with Crippen molar-refractivity contribution >= 4 is 51.8 Å². The zero-order valence-electron chi connectivity index (χ0n) is 87.9. The normalized spacial score (nSPS) is 11.3. The molecule has 0 radical (unpaired) electrons. The minimum atomic E-state index is -0.247. The van der Waals surface area contributed by atoms with Crippen LogP contribution in [-0.2, 0) is 0 Å². The number of carbonyl (C=O) groups is 3. The number of nitrogens with zero attached hydrogens (tertiary/aromatic N) is 1. The van der Waals surface area contributed by atoms with Crippen LogP contribution in [0, 0.1) is 0 Å². The van der Waals surface area contributed by atoms with Gasteiger partial charge in [0.1, 0.15) is 0 Å². The van der Waals surface area contributed by atoms with E-state index in [9.17, 15) is 14.4 Å². The van der Waals surface area contributed by atoms with E-state index in [2.05, 4.69) is 62.4 Å². The van der Waals surface area contributed by atoms with Gasteiger partial charge in [-0.1, -0.05) is 465 Å². The van der Waals surface area contributed by atoms with E-state index >= 15 is 0 Å². The topological polar surface area (TPSA) is 146 Å². The largest absolute Gasteiger partial charge is 0.490 e. The van der Waals surface area contributed by atoms with Crippen molar-refractivity contribution in [1.82, 2.24) is 0 Å². The van der Waals surface area contributed by atoms with E-state index in [1.54, 1.807) is 0 Å². The van der Waals surface area contributed by atoms with Crippen LogP contribution >= 0.6 is 0 Å². The van der Waals surface area contributed by atoms with Gasteiger partial charge in [0.05, 0.1) is 39.6 Å². The lowest BCUT2D eigenvalue weighted by Crippen LogP contribution is -2.14. The van der Waals surface area contributed by atoms with Gasteiger partial charge in [0.15, 0.2) is 34.5 Å². The second-order valence-corrected chi connectivity index (χ2v) is 39.7. The molecule has 13 heteroatoms. The Morgan fingerprint density at radius 3 is 0.471 bits per heavy atom. The zero-order chi connectivity index (χ0) is 96.3. The Bertz CT molecular complexity index is 3450. The monoisotopic (exact) mass is 1880 g/mol. The molecule has 0 aromatic heterocycles. The Kier molecular flexibility index (Phi) is 70.7. The van der Waals surface area contributed by atoms with Crippen LogP contribution in [0.1, 0.15) is 535 Å². The molecule has 0 aliphatic heterocycles. The summed E-state index contributed by atoms with van der Waals surface area (Å²) < 4.78 is 39.1. The average Bonchev–Trinajstić information content (AvgIpc) is 0.799. The molecular formula is C123H198N4O9. The van der Waals surface area contributed by atoms with Crippen molar-refractivity contribution < 1.29 is 42.8 Å². The van der Waals surface area contributed by atoms with Crippen molar-refractivity contribution in [1.29, 1.82) is 0 Å². The first-order valence-electron chi connectivity index (χ1n) is 57.4. The molecule has 0 aliphatic carbocycles. The summed E-state index contributed by atoms with van der Waals surface area (Å²) in [6, 6.07) is 40.4. The maximum absolute atomic E-state index is 14.5. The molecule has 0 saturated carbocycles. The predicted octanol–water partition coefficient (Wildman–Crippen LogP) is 39.4. The van der Waals surface area contributed by atoms with Crippen molar-refractivity contribution in [2.75, 3.05) is 60.5 Å². The smallest absolute Gasteiger partial charge is 0.255 e. The van der Waals surface area contributed by atoms with Gasteiger partial charge in [-0.15, -0.1) is 0 Å². The third kappa shape index (κ3) is 56.5. The van der Waals surface area contributed by atoms with E-state index in [0.29, 0.717) is 108 Å². The van der Waals surface area contributed by atoms with E-state index in [0.717, 1.165) is 94.1 Å². The molecule has 0 heterocycles. The summed E-state index contributed by atoms with van der Waals surface area (Å²) in [4.78, 5) is 45.5. The number of hydrogen-bond acceptors (Lipinski definition) is 10. The van der Waals surface area contributed by atoms with Crippen LogP contribution in [0.4, 0.5) is 34.1 Å². The molecule has 3 N–H and O–H groups in total. The Morgan fingerprint density at radius 2 is 0.316 bits per heavy atom. The van der Waals surface area contributed by atoms with Crippen LogP contribution < -0.4 is 49.3 Å². The SMILES string of the molecule is CCCCCCCCCCCCCCOc1ccc(C(=O)Nc2ccc(N(c3ccc(NC(=O)c4ccc(OCCCCCCCCCCCCCC)c(OCCCCCCCCCCCCCC)c4)cc3)c3ccc(NC(=O)c4ccc(OCCCCCCCCCCCCCC)c(OCCCCCCCCCCCCCC)c4)cc3)cc2)cc1OCCCCCCCCCCCCCC. The number of carbonyl (C=O) groups excluding carboxylic acids is 3.